The normalized spacial score (nSPS) is 22.4. The number of hydrazine groups is 1. The number of hydrogen-bond acceptors (Lipinski definition) is 6. The maximum absolute atomic E-state index is 5.79. The van der Waals surface area contributed by atoms with E-state index in [0.29, 0.717) is 0 Å². The van der Waals surface area contributed by atoms with Gasteiger partial charge in [-0.3, -0.25) is 11.3 Å². The van der Waals surface area contributed by atoms with Crippen LogP contribution in [0.5, 0.6) is 0 Å². The Balaban J connectivity index is 1.99. The summed E-state index contributed by atoms with van der Waals surface area (Å²) in [6.07, 6.45) is 1.02. The minimum Gasteiger partial charge on any atom is -0.375 e. The number of nitrogens with zero attached hydrogens (tertiary/aromatic N) is 1. The predicted octanol–water partition coefficient (Wildman–Crippen LogP) is 1.95. The van der Waals surface area contributed by atoms with Gasteiger partial charge < -0.3 is 4.74 Å². The van der Waals surface area contributed by atoms with E-state index in [-0.39, 0.29) is 17.6 Å². The minimum atomic E-state index is 0.109. The highest BCUT2D eigenvalue weighted by atomic mass is 32.2. The number of thiazole rings is 1. The summed E-state index contributed by atoms with van der Waals surface area (Å²) in [4.78, 5) is 4.72. The van der Waals surface area contributed by atoms with Crippen LogP contribution in [-0.4, -0.2) is 35.2 Å². The summed E-state index contributed by atoms with van der Waals surface area (Å²) >= 11 is 3.64. The molecule has 3 N–H and O–H groups in total. The van der Waals surface area contributed by atoms with Gasteiger partial charge in [0, 0.05) is 28.7 Å². The Morgan fingerprint density at radius 1 is 1.58 bits per heavy atom. The zero-order chi connectivity index (χ0) is 13.9. The van der Waals surface area contributed by atoms with Gasteiger partial charge in [0.2, 0.25) is 0 Å². The monoisotopic (exact) mass is 301 g/mol. The lowest BCUT2D eigenvalue weighted by Gasteiger charge is -2.29. The average Bonchev–Trinajstić information content (AvgIpc) is 2.85. The van der Waals surface area contributed by atoms with Gasteiger partial charge in [-0.15, -0.1) is 11.3 Å². The molecule has 6 heteroatoms. The first-order valence-corrected chi connectivity index (χ1v) is 8.64. The van der Waals surface area contributed by atoms with E-state index < -0.39 is 0 Å². The molecular formula is C13H23N3OS2. The molecule has 2 rings (SSSR count). The van der Waals surface area contributed by atoms with E-state index >= 15 is 0 Å². The van der Waals surface area contributed by atoms with E-state index in [1.807, 2.05) is 11.8 Å². The Bertz CT molecular complexity index is 397. The fourth-order valence-electron chi connectivity index (χ4n) is 1.97. The number of nitrogens with two attached hydrogens (primary N) is 1. The number of hydrogen-bond donors (Lipinski definition) is 2. The van der Waals surface area contributed by atoms with Crippen LogP contribution >= 0.6 is 23.1 Å². The van der Waals surface area contributed by atoms with Crippen molar-refractivity contribution in [2.75, 3.05) is 18.1 Å². The van der Waals surface area contributed by atoms with E-state index in [4.69, 9.17) is 15.6 Å². The van der Waals surface area contributed by atoms with Crippen LogP contribution in [0.3, 0.4) is 0 Å². The second-order valence-corrected chi connectivity index (χ2v) is 7.93. The Hall–Kier alpha value is -0.140. The molecule has 2 atom stereocenters. The van der Waals surface area contributed by atoms with Gasteiger partial charge in [0.25, 0.3) is 0 Å². The third kappa shape index (κ3) is 4.16. The van der Waals surface area contributed by atoms with Crippen molar-refractivity contribution in [2.24, 2.45) is 5.84 Å². The molecule has 0 aliphatic carbocycles. The van der Waals surface area contributed by atoms with Gasteiger partial charge in [0.1, 0.15) is 0 Å². The molecule has 0 radical (unpaired) electrons. The fourth-order valence-corrected chi connectivity index (χ4v) is 4.00. The largest absolute Gasteiger partial charge is 0.375 e. The van der Waals surface area contributed by atoms with Crippen LogP contribution in [0.2, 0.25) is 0 Å². The Morgan fingerprint density at radius 3 is 2.89 bits per heavy atom. The third-order valence-electron chi connectivity index (χ3n) is 3.22. The van der Waals surface area contributed by atoms with Gasteiger partial charge in [-0.2, -0.15) is 11.8 Å². The molecule has 0 saturated carbocycles. The highest BCUT2D eigenvalue weighted by molar-refractivity contribution is 7.99. The number of ether oxygens (including phenoxy) is 1. The maximum atomic E-state index is 5.79. The van der Waals surface area contributed by atoms with E-state index in [1.165, 1.54) is 0 Å². The first kappa shape index (κ1) is 15.3. The van der Waals surface area contributed by atoms with E-state index in [9.17, 15) is 0 Å². The van der Waals surface area contributed by atoms with Crippen LogP contribution in [0.1, 0.15) is 31.5 Å². The van der Waals surface area contributed by atoms with Crippen LogP contribution in [-0.2, 0) is 16.6 Å². The van der Waals surface area contributed by atoms with Crippen LogP contribution in [0, 0.1) is 0 Å². The summed E-state index contributed by atoms with van der Waals surface area (Å²) in [6.45, 7) is 7.38. The van der Waals surface area contributed by atoms with Crippen LogP contribution in [0.15, 0.2) is 5.38 Å². The Kier molecular flexibility index (Phi) is 5.25. The summed E-state index contributed by atoms with van der Waals surface area (Å²) in [5.41, 5.74) is 4.16. The smallest absolute Gasteiger partial charge is 0.0945 e. The van der Waals surface area contributed by atoms with E-state index in [1.54, 1.807) is 11.3 Å². The molecule has 2 heterocycles. The summed E-state index contributed by atoms with van der Waals surface area (Å²) in [6, 6.07) is 0.145. The van der Waals surface area contributed by atoms with Crippen LogP contribution < -0.4 is 11.3 Å². The van der Waals surface area contributed by atoms with E-state index in [0.717, 1.165) is 35.2 Å². The summed E-state index contributed by atoms with van der Waals surface area (Å²) in [5, 5.41) is 3.28. The topological polar surface area (TPSA) is 60.2 Å². The van der Waals surface area contributed by atoms with Gasteiger partial charge in [-0.1, -0.05) is 20.8 Å². The molecule has 0 bridgehead atoms. The second-order valence-electron chi connectivity index (χ2n) is 5.84. The molecule has 0 aromatic carbocycles. The summed E-state index contributed by atoms with van der Waals surface area (Å²) < 4.78 is 5.79. The second kappa shape index (κ2) is 6.54. The number of thioether (sulfide) groups is 1. The lowest BCUT2D eigenvalue weighted by Crippen LogP contribution is -2.49. The summed E-state index contributed by atoms with van der Waals surface area (Å²) in [5.74, 6) is 7.77. The minimum absolute atomic E-state index is 0.109. The molecule has 19 heavy (non-hydrogen) atoms. The van der Waals surface area contributed by atoms with Gasteiger partial charge in [0.15, 0.2) is 0 Å². The van der Waals surface area contributed by atoms with Crippen molar-refractivity contribution in [3.05, 3.63) is 16.1 Å². The first-order chi connectivity index (χ1) is 9.00. The van der Waals surface area contributed by atoms with Crippen molar-refractivity contribution in [1.29, 1.82) is 0 Å². The van der Waals surface area contributed by atoms with Crippen molar-refractivity contribution in [3.63, 3.8) is 0 Å². The number of nitrogens with one attached hydrogen (secondary N) is 1. The molecule has 4 nitrogen and oxygen atoms in total. The number of aromatic nitrogens is 1. The standard InChI is InChI=1S/C13H23N3OS2/c1-13(2,3)11-8-19-12(15-11)6-9(16-14)10-7-18-5-4-17-10/h8-10,16H,4-7,14H2,1-3H3. The number of rotatable bonds is 4. The molecule has 1 saturated heterocycles. The molecular weight excluding hydrogens is 278 g/mol. The molecule has 1 aromatic rings. The molecule has 1 aromatic heterocycles. The van der Waals surface area contributed by atoms with Gasteiger partial charge in [0.05, 0.1) is 29.5 Å². The molecule has 1 aliphatic heterocycles. The van der Waals surface area contributed by atoms with Gasteiger partial charge in [-0.25, -0.2) is 4.98 Å². The lowest BCUT2D eigenvalue weighted by atomic mass is 9.93. The van der Waals surface area contributed by atoms with Gasteiger partial charge >= 0.3 is 0 Å². The summed E-state index contributed by atoms with van der Waals surface area (Å²) in [7, 11) is 0. The van der Waals surface area contributed by atoms with Crippen molar-refractivity contribution in [2.45, 2.75) is 44.8 Å². The maximum Gasteiger partial charge on any atom is 0.0945 e. The molecule has 108 valence electrons. The zero-order valence-corrected chi connectivity index (χ0v) is 13.4. The SMILES string of the molecule is CC(C)(C)c1csc(CC(NN)C2CSCCO2)n1. The lowest BCUT2D eigenvalue weighted by molar-refractivity contribution is 0.0471. The molecule has 1 aliphatic rings. The first-order valence-electron chi connectivity index (χ1n) is 6.61. The average molecular weight is 301 g/mol. The fraction of sp³-hybridized carbons (Fsp3) is 0.769. The molecule has 0 amide bonds. The quantitative estimate of drug-likeness (QED) is 0.657. The van der Waals surface area contributed by atoms with Crippen LogP contribution in [0.25, 0.3) is 0 Å². The highest BCUT2D eigenvalue weighted by Crippen LogP contribution is 2.25. The predicted molar refractivity (Wildman–Crippen MR) is 82.7 cm³/mol. The Labute approximate surface area is 123 Å². The van der Waals surface area contributed by atoms with E-state index in [2.05, 4.69) is 31.6 Å². The molecule has 1 fully saturated rings. The van der Waals surface area contributed by atoms with Crippen LogP contribution in [0.4, 0.5) is 0 Å². The highest BCUT2D eigenvalue weighted by Gasteiger charge is 2.26. The molecule has 0 spiro atoms. The Morgan fingerprint density at radius 2 is 2.37 bits per heavy atom. The third-order valence-corrected chi connectivity index (χ3v) is 5.11. The van der Waals surface area contributed by atoms with Crippen molar-refractivity contribution >= 4 is 23.1 Å². The van der Waals surface area contributed by atoms with Crippen molar-refractivity contribution in [3.8, 4) is 0 Å². The molecule has 2 unspecified atom stereocenters. The van der Waals surface area contributed by atoms with Crippen molar-refractivity contribution < 1.29 is 4.74 Å². The zero-order valence-electron chi connectivity index (χ0n) is 11.8. The van der Waals surface area contributed by atoms with Gasteiger partial charge in [-0.05, 0) is 0 Å². The van der Waals surface area contributed by atoms with Crippen molar-refractivity contribution in [1.82, 2.24) is 10.4 Å².